The first-order chi connectivity index (χ1) is 7.66. The van der Waals surface area contributed by atoms with Crippen molar-refractivity contribution >= 4 is 0 Å². The van der Waals surface area contributed by atoms with Crippen molar-refractivity contribution in [1.29, 1.82) is 0 Å². The minimum Gasteiger partial charge on any atom is -0.385 e. The van der Waals surface area contributed by atoms with Crippen molar-refractivity contribution in [1.82, 2.24) is 4.90 Å². The van der Waals surface area contributed by atoms with Crippen LogP contribution in [0.1, 0.15) is 39.5 Å². The summed E-state index contributed by atoms with van der Waals surface area (Å²) in [4.78, 5) is 2.58. The Hall–Kier alpha value is -0.120. The van der Waals surface area contributed by atoms with Crippen LogP contribution in [0.25, 0.3) is 0 Å². The molecule has 3 nitrogen and oxygen atoms in total. The van der Waals surface area contributed by atoms with Crippen molar-refractivity contribution in [2.75, 3.05) is 33.4 Å². The highest BCUT2D eigenvalue weighted by molar-refractivity contribution is 4.91. The van der Waals surface area contributed by atoms with Crippen molar-refractivity contribution in [3.63, 3.8) is 0 Å². The SMILES string of the molecule is CCCC1CCN(C(C)(CN)CCOC)C1. The fourth-order valence-corrected chi connectivity index (χ4v) is 2.68. The molecule has 1 heterocycles. The van der Waals surface area contributed by atoms with E-state index in [1.165, 1.54) is 32.4 Å². The first-order valence-electron chi connectivity index (χ1n) is 6.60. The third kappa shape index (κ3) is 3.44. The van der Waals surface area contributed by atoms with E-state index in [0.29, 0.717) is 0 Å². The Morgan fingerprint density at radius 2 is 2.25 bits per heavy atom. The van der Waals surface area contributed by atoms with Crippen LogP contribution >= 0.6 is 0 Å². The van der Waals surface area contributed by atoms with Crippen molar-refractivity contribution in [3.05, 3.63) is 0 Å². The van der Waals surface area contributed by atoms with Gasteiger partial charge >= 0.3 is 0 Å². The fraction of sp³-hybridized carbons (Fsp3) is 1.00. The minimum atomic E-state index is 0.137. The molecule has 1 rings (SSSR count). The Morgan fingerprint density at radius 1 is 1.50 bits per heavy atom. The Morgan fingerprint density at radius 3 is 2.81 bits per heavy atom. The average molecular weight is 228 g/mol. The number of hydrogen-bond donors (Lipinski definition) is 1. The molecule has 1 aliphatic heterocycles. The van der Waals surface area contributed by atoms with Crippen molar-refractivity contribution in [2.24, 2.45) is 11.7 Å². The lowest BCUT2D eigenvalue weighted by atomic mass is 9.96. The molecule has 1 saturated heterocycles. The van der Waals surface area contributed by atoms with E-state index in [1.807, 2.05) is 0 Å². The molecule has 0 amide bonds. The van der Waals surface area contributed by atoms with Gasteiger partial charge in [0.25, 0.3) is 0 Å². The van der Waals surface area contributed by atoms with Crippen molar-refractivity contribution in [3.8, 4) is 0 Å². The van der Waals surface area contributed by atoms with Gasteiger partial charge in [0.1, 0.15) is 0 Å². The molecule has 16 heavy (non-hydrogen) atoms. The van der Waals surface area contributed by atoms with Gasteiger partial charge in [-0.2, -0.15) is 0 Å². The summed E-state index contributed by atoms with van der Waals surface area (Å²) in [6.07, 6.45) is 5.05. The molecule has 0 aliphatic carbocycles. The zero-order valence-electron chi connectivity index (χ0n) is 11.2. The molecular formula is C13H28N2O. The molecule has 2 N–H and O–H groups in total. The quantitative estimate of drug-likeness (QED) is 0.723. The molecule has 0 spiro atoms. The normalized spacial score (nSPS) is 25.9. The van der Waals surface area contributed by atoms with E-state index in [9.17, 15) is 0 Å². The van der Waals surface area contributed by atoms with Crippen LogP contribution in [-0.2, 0) is 4.74 Å². The van der Waals surface area contributed by atoms with Gasteiger partial charge < -0.3 is 10.5 Å². The van der Waals surface area contributed by atoms with Gasteiger partial charge in [-0.05, 0) is 38.6 Å². The molecule has 0 aromatic heterocycles. The van der Waals surface area contributed by atoms with E-state index in [4.69, 9.17) is 10.5 Å². The molecule has 0 radical (unpaired) electrons. The second-order valence-electron chi connectivity index (χ2n) is 5.33. The first-order valence-corrected chi connectivity index (χ1v) is 6.60. The lowest BCUT2D eigenvalue weighted by Gasteiger charge is -2.38. The highest BCUT2D eigenvalue weighted by Gasteiger charge is 2.35. The summed E-state index contributed by atoms with van der Waals surface area (Å²) in [5.74, 6) is 0.887. The van der Waals surface area contributed by atoms with Crippen LogP contribution in [0.15, 0.2) is 0 Å². The lowest BCUT2D eigenvalue weighted by molar-refractivity contribution is 0.0844. The highest BCUT2D eigenvalue weighted by Crippen LogP contribution is 2.29. The van der Waals surface area contributed by atoms with E-state index < -0.39 is 0 Å². The molecule has 0 aromatic carbocycles. The van der Waals surface area contributed by atoms with Crippen LogP contribution in [0.4, 0.5) is 0 Å². The topological polar surface area (TPSA) is 38.5 Å². The molecule has 0 bridgehead atoms. The average Bonchev–Trinajstić information content (AvgIpc) is 2.75. The number of nitrogens with two attached hydrogens (primary N) is 1. The zero-order chi connectivity index (χ0) is 12.0. The molecule has 2 unspecified atom stereocenters. The third-order valence-electron chi connectivity index (χ3n) is 4.03. The van der Waals surface area contributed by atoms with Crippen LogP contribution in [0.2, 0.25) is 0 Å². The molecule has 96 valence electrons. The third-order valence-corrected chi connectivity index (χ3v) is 4.03. The molecule has 1 aliphatic rings. The summed E-state index contributed by atoms with van der Waals surface area (Å²) < 4.78 is 5.19. The molecule has 0 saturated carbocycles. The number of rotatable bonds is 7. The largest absolute Gasteiger partial charge is 0.385 e. The maximum absolute atomic E-state index is 5.95. The fourth-order valence-electron chi connectivity index (χ4n) is 2.68. The molecule has 1 fully saturated rings. The maximum atomic E-state index is 5.95. The number of ether oxygens (including phenoxy) is 1. The highest BCUT2D eigenvalue weighted by atomic mass is 16.5. The van der Waals surface area contributed by atoms with Crippen LogP contribution < -0.4 is 5.73 Å². The Bertz CT molecular complexity index is 198. The van der Waals surface area contributed by atoms with E-state index in [1.54, 1.807) is 7.11 Å². The summed E-state index contributed by atoms with van der Waals surface area (Å²) in [5, 5.41) is 0. The minimum absolute atomic E-state index is 0.137. The number of likely N-dealkylation sites (tertiary alicyclic amines) is 1. The van der Waals surface area contributed by atoms with Gasteiger partial charge in [0.05, 0.1) is 0 Å². The summed E-state index contributed by atoms with van der Waals surface area (Å²) >= 11 is 0. The van der Waals surface area contributed by atoms with Crippen molar-refractivity contribution in [2.45, 2.75) is 45.1 Å². The Labute approximate surface area is 100 Å². The summed E-state index contributed by atoms with van der Waals surface area (Å²) in [6, 6.07) is 0. The summed E-state index contributed by atoms with van der Waals surface area (Å²) in [6.45, 7) is 8.53. The summed E-state index contributed by atoms with van der Waals surface area (Å²) in [7, 11) is 1.76. The second kappa shape index (κ2) is 6.58. The van der Waals surface area contributed by atoms with Gasteiger partial charge in [-0.15, -0.1) is 0 Å². The second-order valence-corrected chi connectivity index (χ2v) is 5.33. The monoisotopic (exact) mass is 228 g/mol. The van der Waals surface area contributed by atoms with Gasteiger partial charge in [-0.25, -0.2) is 0 Å². The van der Waals surface area contributed by atoms with Gasteiger partial charge in [0.2, 0.25) is 0 Å². The van der Waals surface area contributed by atoms with E-state index in [-0.39, 0.29) is 5.54 Å². The smallest absolute Gasteiger partial charge is 0.0480 e. The standard InChI is InChI=1S/C13H28N2O/c1-4-5-12-6-8-15(10-12)13(2,11-14)7-9-16-3/h12H,4-11,14H2,1-3H3. The van der Waals surface area contributed by atoms with Gasteiger partial charge in [0.15, 0.2) is 0 Å². The van der Waals surface area contributed by atoms with Crippen LogP contribution in [0, 0.1) is 5.92 Å². The van der Waals surface area contributed by atoms with Crippen LogP contribution in [0.5, 0.6) is 0 Å². The van der Waals surface area contributed by atoms with E-state index >= 15 is 0 Å². The molecule has 2 atom stereocenters. The molecule has 3 heteroatoms. The molecular weight excluding hydrogens is 200 g/mol. The van der Waals surface area contributed by atoms with E-state index in [0.717, 1.165) is 25.5 Å². The Balaban J connectivity index is 2.47. The number of nitrogens with zero attached hydrogens (tertiary/aromatic N) is 1. The van der Waals surface area contributed by atoms with Gasteiger partial charge in [0, 0.05) is 32.3 Å². The first kappa shape index (κ1) is 13.9. The maximum Gasteiger partial charge on any atom is 0.0480 e. The predicted molar refractivity (Wildman–Crippen MR) is 68.5 cm³/mol. The number of hydrogen-bond acceptors (Lipinski definition) is 3. The van der Waals surface area contributed by atoms with Crippen molar-refractivity contribution < 1.29 is 4.74 Å². The van der Waals surface area contributed by atoms with E-state index in [2.05, 4.69) is 18.7 Å². The van der Waals surface area contributed by atoms with Crippen LogP contribution in [-0.4, -0.2) is 43.8 Å². The molecule has 0 aromatic rings. The lowest BCUT2D eigenvalue weighted by Crippen LogP contribution is -2.51. The predicted octanol–water partition coefficient (Wildman–Crippen LogP) is 1.86. The van der Waals surface area contributed by atoms with Gasteiger partial charge in [-0.3, -0.25) is 4.90 Å². The Kier molecular flexibility index (Phi) is 5.73. The summed E-state index contributed by atoms with van der Waals surface area (Å²) in [5.41, 5.74) is 6.09. The van der Waals surface area contributed by atoms with Gasteiger partial charge in [-0.1, -0.05) is 13.3 Å². The van der Waals surface area contributed by atoms with Crippen LogP contribution in [0.3, 0.4) is 0 Å². The number of methoxy groups -OCH3 is 1. The zero-order valence-corrected chi connectivity index (χ0v) is 11.2.